The van der Waals surface area contributed by atoms with Crippen LogP contribution in [0, 0.1) is 56.7 Å². The maximum Gasteiger partial charge on any atom is 0.143 e. The summed E-state index contributed by atoms with van der Waals surface area (Å²) < 4.78 is 6.34. The number of allylic oxidation sites excluding steroid dienone is 7. The fraction of sp³-hybridized carbons (Fsp3) is 0.667. The molecule has 0 aromatic heterocycles. The number of hydrogen-bond acceptors (Lipinski definition) is 4. The summed E-state index contributed by atoms with van der Waals surface area (Å²) >= 11 is 0. The van der Waals surface area contributed by atoms with Crippen LogP contribution >= 0.6 is 0 Å². The van der Waals surface area contributed by atoms with Gasteiger partial charge < -0.3 is 9.64 Å². The zero-order chi connectivity index (χ0) is 24.9. The van der Waals surface area contributed by atoms with Crippen molar-refractivity contribution in [2.45, 2.75) is 80.6 Å². The first-order valence-corrected chi connectivity index (χ1v) is 13.0. The second-order valence-electron chi connectivity index (χ2n) is 13.0. The van der Waals surface area contributed by atoms with E-state index in [9.17, 15) is 10.5 Å². The molecular weight excluding hydrogens is 418 g/mol. The Morgan fingerprint density at radius 2 is 1.68 bits per heavy atom. The van der Waals surface area contributed by atoms with Gasteiger partial charge >= 0.3 is 0 Å². The standard InChI is InChI=1S/C30H41N3O/c1-28(2,3)26-17-21(22(18-31)19-32)16-23(34-26)9-8-20-14-24-27-25(15-20)30(6,7)11-13-33(27)12-10-29(24,4)5/h14,16-17,20-22H,8-13,15H2,1-7H3. The fourth-order valence-corrected chi connectivity index (χ4v) is 5.94. The van der Waals surface area contributed by atoms with Gasteiger partial charge in [-0.1, -0.05) is 54.5 Å². The number of piperidine rings is 1. The van der Waals surface area contributed by atoms with Crippen LogP contribution in [0.2, 0.25) is 0 Å². The van der Waals surface area contributed by atoms with Gasteiger partial charge in [-0.25, -0.2) is 0 Å². The van der Waals surface area contributed by atoms with Crippen LogP contribution in [0.25, 0.3) is 0 Å². The van der Waals surface area contributed by atoms with Gasteiger partial charge in [0.15, 0.2) is 0 Å². The monoisotopic (exact) mass is 459 g/mol. The second-order valence-corrected chi connectivity index (χ2v) is 13.0. The first-order chi connectivity index (χ1) is 15.9. The summed E-state index contributed by atoms with van der Waals surface area (Å²) in [5.41, 5.74) is 5.05. The maximum absolute atomic E-state index is 9.49. The van der Waals surface area contributed by atoms with Gasteiger partial charge in [0.2, 0.25) is 0 Å². The minimum Gasteiger partial charge on any atom is -0.466 e. The highest BCUT2D eigenvalue weighted by atomic mass is 16.5. The van der Waals surface area contributed by atoms with Gasteiger partial charge in [0.1, 0.15) is 17.4 Å². The van der Waals surface area contributed by atoms with E-state index in [0.29, 0.717) is 5.92 Å². The first kappa shape index (κ1) is 24.7. The molecule has 0 radical (unpaired) electrons. The van der Waals surface area contributed by atoms with Gasteiger partial charge in [0, 0.05) is 36.5 Å². The summed E-state index contributed by atoms with van der Waals surface area (Å²) in [4.78, 5) is 2.65. The molecule has 4 rings (SSSR count). The van der Waals surface area contributed by atoms with Crippen LogP contribution in [0.5, 0.6) is 0 Å². The Labute approximate surface area is 206 Å². The van der Waals surface area contributed by atoms with E-state index in [2.05, 4.69) is 71.6 Å². The van der Waals surface area contributed by atoms with E-state index in [0.717, 1.165) is 30.8 Å². The molecule has 0 amide bonds. The van der Waals surface area contributed by atoms with Gasteiger partial charge in [-0.3, -0.25) is 0 Å². The van der Waals surface area contributed by atoms with Crippen molar-refractivity contribution < 1.29 is 4.74 Å². The first-order valence-electron chi connectivity index (χ1n) is 13.0. The van der Waals surface area contributed by atoms with Gasteiger partial charge in [-0.05, 0) is 65.7 Å². The zero-order valence-electron chi connectivity index (χ0n) is 22.2. The molecule has 4 heteroatoms. The second kappa shape index (κ2) is 8.64. The normalized spacial score (nSPS) is 27.6. The van der Waals surface area contributed by atoms with E-state index < -0.39 is 5.92 Å². The molecule has 1 aliphatic carbocycles. The third kappa shape index (κ3) is 4.57. The summed E-state index contributed by atoms with van der Waals surface area (Å²) in [6.45, 7) is 18.4. The molecule has 0 aromatic carbocycles. The highest BCUT2D eigenvalue weighted by Crippen LogP contribution is 2.54. The molecule has 1 fully saturated rings. The molecule has 4 nitrogen and oxygen atoms in total. The van der Waals surface area contributed by atoms with Gasteiger partial charge in [0.25, 0.3) is 0 Å². The molecule has 0 bridgehead atoms. The lowest BCUT2D eigenvalue weighted by atomic mass is 9.63. The van der Waals surface area contributed by atoms with Crippen LogP contribution in [-0.2, 0) is 4.74 Å². The molecule has 2 unspecified atom stereocenters. The summed E-state index contributed by atoms with van der Waals surface area (Å²) in [6, 6.07) is 4.33. The fourth-order valence-electron chi connectivity index (χ4n) is 5.94. The van der Waals surface area contributed by atoms with E-state index in [-0.39, 0.29) is 22.2 Å². The SMILES string of the molecule is CC(C)(C)C1=CC(C(C#N)C#N)C=C(CCC2C=C3C4=C(C2)C(C)(C)CCN4CCC3(C)C)O1. The summed E-state index contributed by atoms with van der Waals surface area (Å²) in [6.07, 6.45) is 12.0. The molecule has 0 saturated carbocycles. The van der Waals surface area contributed by atoms with Crippen LogP contribution < -0.4 is 0 Å². The highest BCUT2D eigenvalue weighted by molar-refractivity contribution is 5.47. The number of rotatable bonds is 4. The van der Waals surface area contributed by atoms with Crippen molar-refractivity contribution in [3.8, 4) is 12.1 Å². The highest BCUT2D eigenvalue weighted by Gasteiger charge is 2.44. The van der Waals surface area contributed by atoms with Crippen LogP contribution in [0.4, 0.5) is 0 Å². The molecule has 3 aliphatic heterocycles. The lowest BCUT2D eigenvalue weighted by molar-refractivity contribution is 0.169. The quantitative estimate of drug-likeness (QED) is 0.444. The molecule has 0 N–H and O–H groups in total. The number of nitriles is 2. The van der Waals surface area contributed by atoms with Crippen molar-refractivity contribution in [1.82, 2.24) is 4.90 Å². The molecule has 4 aliphatic rings. The minimum atomic E-state index is -0.683. The Kier molecular flexibility index (Phi) is 6.27. The van der Waals surface area contributed by atoms with Crippen molar-refractivity contribution in [1.29, 1.82) is 10.5 Å². The van der Waals surface area contributed by atoms with E-state index in [4.69, 9.17) is 4.74 Å². The zero-order valence-corrected chi connectivity index (χ0v) is 22.2. The molecule has 34 heavy (non-hydrogen) atoms. The topological polar surface area (TPSA) is 60.0 Å². The van der Waals surface area contributed by atoms with Crippen LogP contribution in [0.1, 0.15) is 80.6 Å². The molecule has 1 saturated heterocycles. The third-order valence-electron chi connectivity index (χ3n) is 8.41. The van der Waals surface area contributed by atoms with Crippen molar-refractivity contribution in [3.05, 3.63) is 46.6 Å². The summed E-state index contributed by atoms with van der Waals surface area (Å²) in [5.74, 6) is 1.38. The van der Waals surface area contributed by atoms with Gasteiger partial charge in [0.05, 0.1) is 12.1 Å². The largest absolute Gasteiger partial charge is 0.466 e. The molecule has 0 spiro atoms. The van der Waals surface area contributed by atoms with Crippen LogP contribution in [0.15, 0.2) is 46.6 Å². The minimum absolute atomic E-state index is 0.165. The average Bonchev–Trinajstić information content (AvgIpc) is 2.76. The molecule has 3 heterocycles. The molecule has 2 atom stereocenters. The van der Waals surface area contributed by atoms with Gasteiger partial charge in [-0.2, -0.15) is 10.5 Å². The van der Waals surface area contributed by atoms with E-state index >= 15 is 0 Å². The lowest BCUT2D eigenvalue weighted by Crippen LogP contribution is -2.46. The Bertz CT molecular complexity index is 1030. The third-order valence-corrected chi connectivity index (χ3v) is 8.41. The smallest absolute Gasteiger partial charge is 0.143 e. The van der Waals surface area contributed by atoms with Crippen LogP contribution in [-0.4, -0.2) is 18.0 Å². The number of ether oxygens (including phenoxy) is 1. The number of nitrogens with zero attached hydrogens (tertiary/aromatic N) is 3. The Hall–Kier alpha value is -2.46. The summed E-state index contributed by atoms with van der Waals surface area (Å²) in [5, 5.41) is 19.0. The Morgan fingerprint density at radius 3 is 2.29 bits per heavy atom. The number of hydrogen-bond donors (Lipinski definition) is 0. The van der Waals surface area contributed by atoms with Gasteiger partial charge in [-0.15, -0.1) is 0 Å². The molecule has 182 valence electrons. The van der Waals surface area contributed by atoms with Crippen molar-refractivity contribution in [2.24, 2.45) is 34.0 Å². The van der Waals surface area contributed by atoms with Crippen LogP contribution in [0.3, 0.4) is 0 Å². The average molecular weight is 460 g/mol. The Morgan fingerprint density at radius 1 is 1.03 bits per heavy atom. The van der Waals surface area contributed by atoms with E-state index in [1.54, 1.807) is 16.8 Å². The van der Waals surface area contributed by atoms with Crippen molar-refractivity contribution >= 4 is 0 Å². The molecule has 0 aromatic rings. The predicted molar refractivity (Wildman–Crippen MR) is 136 cm³/mol. The maximum atomic E-state index is 9.49. The van der Waals surface area contributed by atoms with Crippen molar-refractivity contribution in [3.63, 3.8) is 0 Å². The lowest BCUT2D eigenvalue weighted by Gasteiger charge is -2.52. The molecular formula is C30H41N3O. The Balaban J connectivity index is 1.58. The van der Waals surface area contributed by atoms with Crippen molar-refractivity contribution in [2.75, 3.05) is 13.1 Å². The predicted octanol–water partition coefficient (Wildman–Crippen LogP) is 7.25. The van der Waals surface area contributed by atoms with E-state index in [1.165, 1.54) is 25.9 Å². The summed E-state index contributed by atoms with van der Waals surface area (Å²) in [7, 11) is 0. The van der Waals surface area contributed by atoms with E-state index in [1.807, 2.05) is 12.2 Å².